The summed E-state index contributed by atoms with van der Waals surface area (Å²) in [6, 6.07) is 6.43. The van der Waals surface area contributed by atoms with Gasteiger partial charge >= 0.3 is 0 Å². The number of nitro groups is 1. The lowest BCUT2D eigenvalue weighted by Gasteiger charge is -2.14. The first-order valence-electron chi connectivity index (χ1n) is 7.02. The van der Waals surface area contributed by atoms with Gasteiger partial charge in [-0.3, -0.25) is 14.8 Å². The molecule has 10 heteroatoms. The topological polar surface area (TPSA) is 110 Å². The lowest BCUT2D eigenvalue weighted by atomic mass is 10.0. The van der Waals surface area contributed by atoms with Gasteiger partial charge in [0.2, 0.25) is 0 Å². The molecule has 0 radical (unpaired) electrons. The molecule has 0 atom stereocenters. The van der Waals surface area contributed by atoms with Crippen molar-refractivity contribution in [1.82, 2.24) is 0 Å². The number of phenols is 1. The predicted octanol–water partition coefficient (Wildman–Crippen LogP) is 4.53. The normalized spacial score (nSPS) is 11.6. The molecule has 0 aromatic heterocycles. The quantitative estimate of drug-likeness (QED) is 0.432. The smallest absolute Gasteiger partial charge is 0.292 e. The summed E-state index contributed by atoms with van der Waals surface area (Å²) in [5.41, 5.74) is -0.0942. The van der Waals surface area contributed by atoms with Crippen LogP contribution in [-0.4, -0.2) is 18.4 Å². The molecule has 0 amide bonds. The number of hydrogen-bond donors (Lipinski definition) is 2. The molecule has 0 aliphatic carbocycles. The maximum absolute atomic E-state index is 12.6. The van der Waals surface area contributed by atoms with Gasteiger partial charge in [0.15, 0.2) is 4.90 Å². The highest BCUT2D eigenvalue weighted by atomic mass is 35.5. The first kappa shape index (κ1) is 19.3. The van der Waals surface area contributed by atoms with E-state index in [0.717, 1.165) is 17.7 Å². The van der Waals surface area contributed by atoms with E-state index in [4.69, 9.17) is 23.2 Å². The third kappa shape index (κ3) is 4.15. The van der Waals surface area contributed by atoms with E-state index in [1.54, 1.807) is 6.07 Å². The van der Waals surface area contributed by atoms with Crippen LogP contribution < -0.4 is 4.72 Å². The molecular formula is C15H14Cl2N2O5S. The zero-order chi connectivity index (χ0) is 18.9. The van der Waals surface area contributed by atoms with Crippen LogP contribution in [0.1, 0.15) is 25.3 Å². The summed E-state index contributed by atoms with van der Waals surface area (Å²) in [7, 11) is -4.44. The van der Waals surface area contributed by atoms with Crippen molar-refractivity contribution in [1.29, 1.82) is 0 Å². The van der Waals surface area contributed by atoms with Crippen LogP contribution in [0.25, 0.3) is 0 Å². The van der Waals surface area contributed by atoms with Crippen LogP contribution >= 0.6 is 23.2 Å². The highest BCUT2D eigenvalue weighted by Gasteiger charge is 2.30. The van der Waals surface area contributed by atoms with Crippen LogP contribution in [0.3, 0.4) is 0 Å². The summed E-state index contributed by atoms with van der Waals surface area (Å²) < 4.78 is 27.4. The van der Waals surface area contributed by atoms with Gasteiger partial charge in [-0.05, 0) is 29.7 Å². The van der Waals surface area contributed by atoms with E-state index in [0.29, 0.717) is 0 Å². The van der Waals surface area contributed by atoms with Crippen molar-refractivity contribution in [2.24, 2.45) is 0 Å². The number of anilines is 1. The summed E-state index contributed by atoms with van der Waals surface area (Å²) in [5.74, 6) is -0.238. The highest BCUT2D eigenvalue weighted by molar-refractivity contribution is 7.93. The van der Waals surface area contributed by atoms with E-state index in [1.165, 1.54) is 12.1 Å². The third-order valence-corrected chi connectivity index (χ3v) is 5.47. The Morgan fingerprint density at radius 3 is 2.40 bits per heavy atom. The molecular weight excluding hydrogens is 391 g/mol. The van der Waals surface area contributed by atoms with E-state index in [9.17, 15) is 23.6 Å². The number of sulfonamides is 1. The minimum absolute atomic E-state index is 0.0692. The third-order valence-electron chi connectivity index (χ3n) is 3.39. The fourth-order valence-corrected chi connectivity index (χ4v) is 4.21. The van der Waals surface area contributed by atoms with Crippen molar-refractivity contribution in [3.63, 3.8) is 0 Å². The molecule has 0 heterocycles. The molecule has 0 unspecified atom stereocenters. The molecule has 0 aliphatic heterocycles. The summed E-state index contributed by atoms with van der Waals surface area (Å²) in [6.07, 6.45) is 0. The number of nitro benzene ring substituents is 1. The number of rotatable bonds is 5. The van der Waals surface area contributed by atoms with Crippen molar-refractivity contribution < 1.29 is 18.4 Å². The van der Waals surface area contributed by atoms with Gasteiger partial charge in [0.05, 0.1) is 15.6 Å². The molecule has 0 bridgehead atoms. The average Bonchev–Trinajstić information content (AvgIpc) is 2.47. The van der Waals surface area contributed by atoms with Gasteiger partial charge in [-0.25, -0.2) is 8.42 Å². The van der Waals surface area contributed by atoms with Crippen LogP contribution in [0.5, 0.6) is 5.75 Å². The van der Waals surface area contributed by atoms with Gasteiger partial charge in [0.25, 0.3) is 15.7 Å². The Bertz CT molecular complexity index is 945. The molecule has 25 heavy (non-hydrogen) atoms. The van der Waals surface area contributed by atoms with Gasteiger partial charge in [0, 0.05) is 11.1 Å². The van der Waals surface area contributed by atoms with E-state index in [2.05, 4.69) is 4.72 Å². The van der Waals surface area contributed by atoms with Crippen LogP contribution in [0.15, 0.2) is 35.2 Å². The molecule has 2 aromatic rings. The Labute approximate surface area is 154 Å². The Hall–Kier alpha value is -2.03. The van der Waals surface area contributed by atoms with Crippen molar-refractivity contribution in [2.45, 2.75) is 24.7 Å². The molecule has 2 N–H and O–H groups in total. The van der Waals surface area contributed by atoms with Crippen LogP contribution in [0, 0.1) is 10.1 Å². The number of benzene rings is 2. The largest absolute Gasteiger partial charge is 0.506 e. The first-order chi connectivity index (χ1) is 11.5. The zero-order valence-electron chi connectivity index (χ0n) is 13.2. The second-order valence-corrected chi connectivity index (χ2v) is 7.99. The van der Waals surface area contributed by atoms with E-state index in [-0.39, 0.29) is 22.4 Å². The van der Waals surface area contributed by atoms with Gasteiger partial charge < -0.3 is 5.11 Å². The van der Waals surface area contributed by atoms with Crippen molar-refractivity contribution in [3.8, 4) is 5.75 Å². The second-order valence-electron chi connectivity index (χ2n) is 5.53. The number of aromatic hydroxyl groups is 1. The molecule has 0 fully saturated rings. The molecule has 134 valence electrons. The summed E-state index contributed by atoms with van der Waals surface area (Å²) in [6.45, 7) is 3.79. The molecule has 2 aromatic carbocycles. The molecule has 0 saturated heterocycles. The lowest BCUT2D eigenvalue weighted by molar-refractivity contribution is -0.387. The summed E-state index contributed by atoms with van der Waals surface area (Å²) >= 11 is 11.6. The fraction of sp³-hybridized carbons (Fsp3) is 0.200. The Morgan fingerprint density at radius 1 is 1.20 bits per heavy atom. The van der Waals surface area contributed by atoms with E-state index in [1.807, 2.05) is 13.8 Å². The number of nitrogens with one attached hydrogen (secondary N) is 1. The number of halogens is 2. The van der Waals surface area contributed by atoms with Crippen molar-refractivity contribution >= 4 is 44.6 Å². The van der Waals surface area contributed by atoms with Crippen molar-refractivity contribution in [3.05, 3.63) is 56.1 Å². The molecule has 0 aliphatic rings. The fourth-order valence-electron chi connectivity index (χ4n) is 2.14. The minimum Gasteiger partial charge on any atom is -0.506 e. The van der Waals surface area contributed by atoms with E-state index < -0.39 is 30.6 Å². The first-order valence-corrected chi connectivity index (χ1v) is 9.26. The molecule has 0 spiro atoms. The maximum Gasteiger partial charge on any atom is 0.292 e. The Kier molecular flexibility index (Phi) is 5.46. The number of nitrogens with zero attached hydrogens (tertiary/aromatic N) is 1. The van der Waals surface area contributed by atoms with Gasteiger partial charge in [-0.15, -0.1) is 0 Å². The standard InChI is InChI=1S/C15H14Cl2N2O5S/c1-8(2)9-3-4-14(20)12(5-9)18-25(23,24)15-11(17)6-10(16)7-13(15)19(21)22/h3-8,18,20H,1-2H3. The molecule has 0 saturated carbocycles. The Balaban J connectivity index is 2.59. The van der Waals surface area contributed by atoms with Crippen LogP contribution in [0.4, 0.5) is 11.4 Å². The number of hydrogen-bond acceptors (Lipinski definition) is 5. The van der Waals surface area contributed by atoms with Gasteiger partial charge in [-0.2, -0.15) is 0 Å². The van der Waals surface area contributed by atoms with Crippen molar-refractivity contribution in [2.75, 3.05) is 4.72 Å². The SMILES string of the molecule is CC(C)c1ccc(O)c(NS(=O)(=O)c2c(Cl)cc(Cl)cc2[N+](=O)[O-])c1. The molecule has 2 rings (SSSR count). The maximum atomic E-state index is 12.6. The summed E-state index contributed by atoms with van der Waals surface area (Å²) in [4.78, 5) is 9.57. The molecule has 7 nitrogen and oxygen atoms in total. The van der Waals surface area contributed by atoms with E-state index >= 15 is 0 Å². The monoisotopic (exact) mass is 404 g/mol. The summed E-state index contributed by atoms with van der Waals surface area (Å²) in [5, 5.41) is 20.6. The number of phenolic OH excluding ortho intramolecular Hbond substituents is 1. The predicted molar refractivity (Wildman–Crippen MR) is 96.1 cm³/mol. The highest BCUT2D eigenvalue weighted by Crippen LogP contribution is 2.37. The zero-order valence-corrected chi connectivity index (χ0v) is 15.5. The van der Waals surface area contributed by atoms with Crippen LogP contribution in [-0.2, 0) is 10.0 Å². The lowest BCUT2D eigenvalue weighted by Crippen LogP contribution is -2.15. The minimum atomic E-state index is -4.44. The Morgan fingerprint density at radius 2 is 1.84 bits per heavy atom. The average molecular weight is 405 g/mol. The van der Waals surface area contributed by atoms with Gasteiger partial charge in [0.1, 0.15) is 5.75 Å². The van der Waals surface area contributed by atoms with Gasteiger partial charge in [-0.1, -0.05) is 43.1 Å². The van der Waals surface area contributed by atoms with Crippen LogP contribution in [0.2, 0.25) is 10.0 Å². The second kappa shape index (κ2) is 7.07.